The van der Waals surface area contributed by atoms with Gasteiger partial charge in [0.05, 0.1) is 33.3 Å². The first-order valence-corrected chi connectivity index (χ1v) is 25.1. The van der Waals surface area contributed by atoms with Gasteiger partial charge in [-0.15, -0.1) is 0 Å². The average molecular weight is 889 g/mol. The number of fused-ring (bicyclic) bond motifs is 6. The van der Waals surface area contributed by atoms with E-state index in [1.165, 1.54) is 27.6 Å². The lowest BCUT2D eigenvalue weighted by Gasteiger charge is -2.14. The van der Waals surface area contributed by atoms with Gasteiger partial charge in [-0.05, 0) is 152 Å². The predicted octanol–water partition coefficient (Wildman–Crippen LogP) is 16.3. The van der Waals surface area contributed by atoms with Gasteiger partial charge in [-0.1, -0.05) is 120 Å². The molecule has 6 nitrogen and oxygen atoms in total. The highest BCUT2D eigenvalue weighted by molar-refractivity contribution is 6.19. The number of aryl methyl sites for hydroxylation is 4. The Morgan fingerprint density at radius 2 is 0.824 bits per heavy atom. The van der Waals surface area contributed by atoms with Crippen molar-refractivity contribution in [1.29, 1.82) is 5.26 Å². The minimum atomic E-state index is 0.548. The molecule has 0 amide bonds. The normalized spacial score (nSPS) is 11.6. The van der Waals surface area contributed by atoms with Gasteiger partial charge in [0.2, 0.25) is 0 Å². The molecule has 0 radical (unpaired) electrons. The third kappa shape index (κ3) is 8.70. The molecule has 0 bridgehead atoms. The van der Waals surface area contributed by atoms with E-state index in [0.29, 0.717) is 23.0 Å². The van der Waals surface area contributed by atoms with Crippen molar-refractivity contribution in [3.05, 3.63) is 173 Å². The van der Waals surface area contributed by atoms with Gasteiger partial charge in [0.25, 0.3) is 0 Å². The Morgan fingerprint density at radius 3 is 1.29 bits per heavy atom. The molecule has 6 heteroatoms. The smallest absolute Gasteiger partial charge is 0.164 e. The summed E-state index contributed by atoms with van der Waals surface area (Å²) >= 11 is 0. The van der Waals surface area contributed by atoms with Crippen molar-refractivity contribution in [3.63, 3.8) is 0 Å². The topological polar surface area (TPSA) is 72.3 Å². The monoisotopic (exact) mass is 888 g/mol. The standard InChI is InChI=1S/C62H60N6/c1-5-9-20-42-32-43(21-10-6-2)35-47(34-42)61-64-60(65-62(66-61)48-36-44(22-11-7-3)33-45(37-48)23-12-8-4)46-30-31-55(49(38-46)41-63)68-57-29-19-17-27-52(57)54-39-58-53(40-59(54)68)51-26-16-18-28-56(51)67(58)50-24-14-13-15-25-50/h13-19,24-40H,5-12,20-23H2,1-4H3. The molecule has 0 spiro atoms. The van der Waals surface area contributed by atoms with E-state index in [9.17, 15) is 5.26 Å². The van der Waals surface area contributed by atoms with Crippen molar-refractivity contribution >= 4 is 43.6 Å². The minimum absolute atomic E-state index is 0.548. The van der Waals surface area contributed by atoms with Crippen molar-refractivity contribution in [2.24, 2.45) is 0 Å². The summed E-state index contributed by atoms with van der Waals surface area (Å²) < 4.78 is 4.63. The summed E-state index contributed by atoms with van der Waals surface area (Å²) in [6, 6.07) is 55.1. The van der Waals surface area contributed by atoms with Crippen LogP contribution in [-0.2, 0) is 25.7 Å². The summed E-state index contributed by atoms with van der Waals surface area (Å²) in [6.07, 6.45) is 13.1. The maximum absolute atomic E-state index is 11.1. The van der Waals surface area contributed by atoms with Gasteiger partial charge in [-0.2, -0.15) is 5.26 Å². The van der Waals surface area contributed by atoms with E-state index in [-0.39, 0.29) is 0 Å². The van der Waals surface area contributed by atoms with Crippen LogP contribution in [0.4, 0.5) is 0 Å². The summed E-state index contributed by atoms with van der Waals surface area (Å²) in [5, 5.41) is 15.7. The fourth-order valence-corrected chi connectivity index (χ4v) is 10.2. The van der Waals surface area contributed by atoms with E-state index in [4.69, 9.17) is 15.0 Å². The average Bonchev–Trinajstić information content (AvgIpc) is 3.89. The summed E-state index contributed by atoms with van der Waals surface area (Å²) in [7, 11) is 0. The van der Waals surface area contributed by atoms with Crippen LogP contribution < -0.4 is 0 Å². The zero-order valence-electron chi connectivity index (χ0n) is 40.0. The highest BCUT2D eigenvalue weighted by Gasteiger charge is 2.21. The van der Waals surface area contributed by atoms with Gasteiger partial charge in [0, 0.05) is 43.9 Å². The third-order valence-corrected chi connectivity index (χ3v) is 13.6. The molecule has 0 aliphatic heterocycles. The predicted molar refractivity (Wildman–Crippen MR) is 284 cm³/mol. The van der Waals surface area contributed by atoms with Gasteiger partial charge in [-0.3, -0.25) is 0 Å². The van der Waals surface area contributed by atoms with E-state index >= 15 is 0 Å². The molecule has 0 atom stereocenters. The molecule has 0 N–H and O–H groups in total. The molecule has 0 unspecified atom stereocenters. The summed E-state index contributed by atoms with van der Waals surface area (Å²) in [6.45, 7) is 9.01. The van der Waals surface area contributed by atoms with Crippen molar-refractivity contribution in [3.8, 4) is 51.6 Å². The number of nitriles is 1. The van der Waals surface area contributed by atoms with Crippen molar-refractivity contribution in [2.75, 3.05) is 0 Å². The zero-order chi connectivity index (χ0) is 46.6. The number of aromatic nitrogens is 5. The van der Waals surface area contributed by atoms with Crippen LogP contribution in [0.1, 0.15) is 107 Å². The van der Waals surface area contributed by atoms with Crippen LogP contribution >= 0.6 is 0 Å². The lowest BCUT2D eigenvalue weighted by atomic mass is 9.97. The molecule has 0 aliphatic rings. The van der Waals surface area contributed by atoms with Crippen LogP contribution in [0.3, 0.4) is 0 Å². The van der Waals surface area contributed by atoms with Gasteiger partial charge in [-0.25, -0.2) is 15.0 Å². The van der Waals surface area contributed by atoms with Gasteiger partial charge < -0.3 is 9.13 Å². The minimum Gasteiger partial charge on any atom is -0.309 e. The molecule has 338 valence electrons. The largest absolute Gasteiger partial charge is 0.309 e. The Kier molecular flexibility index (Phi) is 13.0. The molecule has 10 aromatic rings. The number of nitrogens with zero attached hydrogens (tertiary/aromatic N) is 6. The Morgan fingerprint density at radius 1 is 0.397 bits per heavy atom. The summed E-state index contributed by atoms with van der Waals surface area (Å²) in [5.74, 6) is 1.89. The lowest BCUT2D eigenvalue weighted by Crippen LogP contribution is -2.03. The lowest BCUT2D eigenvalue weighted by molar-refractivity contribution is 0.780. The molecular weight excluding hydrogens is 829 g/mol. The van der Waals surface area contributed by atoms with Gasteiger partial charge in [0.1, 0.15) is 6.07 Å². The molecule has 0 saturated carbocycles. The first-order chi connectivity index (χ1) is 33.5. The zero-order valence-corrected chi connectivity index (χ0v) is 40.0. The molecule has 68 heavy (non-hydrogen) atoms. The molecule has 0 aliphatic carbocycles. The first-order valence-electron chi connectivity index (χ1n) is 25.1. The Balaban J connectivity index is 1.16. The highest BCUT2D eigenvalue weighted by Crippen LogP contribution is 2.40. The van der Waals surface area contributed by atoms with Crippen LogP contribution in [0.25, 0.3) is 89.2 Å². The number of unbranched alkanes of at least 4 members (excludes halogenated alkanes) is 4. The van der Waals surface area contributed by atoms with E-state index in [2.05, 4.69) is 182 Å². The van der Waals surface area contributed by atoms with Crippen LogP contribution in [0.2, 0.25) is 0 Å². The van der Waals surface area contributed by atoms with Crippen molar-refractivity contribution < 1.29 is 0 Å². The number of hydrogen-bond acceptors (Lipinski definition) is 4. The number of benzene rings is 7. The fourth-order valence-electron chi connectivity index (χ4n) is 10.2. The van der Waals surface area contributed by atoms with E-state index < -0.39 is 0 Å². The number of hydrogen-bond donors (Lipinski definition) is 0. The van der Waals surface area contributed by atoms with E-state index in [1.54, 1.807) is 0 Å². The highest BCUT2D eigenvalue weighted by atomic mass is 15.0. The van der Waals surface area contributed by atoms with Crippen molar-refractivity contribution in [1.82, 2.24) is 24.1 Å². The van der Waals surface area contributed by atoms with Crippen LogP contribution in [0.5, 0.6) is 0 Å². The fraction of sp³-hybridized carbons (Fsp3) is 0.258. The maximum atomic E-state index is 11.1. The molecular formula is C62H60N6. The van der Waals surface area contributed by atoms with Gasteiger partial charge >= 0.3 is 0 Å². The summed E-state index contributed by atoms with van der Waals surface area (Å²) in [4.78, 5) is 15.9. The van der Waals surface area contributed by atoms with Gasteiger partial charge in [0.15, 0.2) is 17.5 Å². The Labute approximate surface area is 401 Å². The quantitative estimate of drug-likeness (QED) is 0.0913. The second kappa shape index (κ2) is 19.9. The maximum Gasteiger partial charge on any atom is 0.164 e. The van der Waals surface area contributed by atoms with Crippen molar-refractivity contribution in [2.45, 2.75) is 105 Å². The summed E-state index contributed by atoms with van der Waals surface area (Å²) in [5.41, 5.74) is 15.0. The Bertz CT molecular complexity index is 3340. The number of para-hydroxylation sites is 3. The van der Waals surface area contributed by atoms with E-state index in [1.807, 2.05) is 6.07 Å². The van der Waals surface area contributed by atoms with Crippen LogP contribution in [0.15, 0.2) is 146 Å². The molecule has 7 aromatic carbocycles. The molecule has 3 heterocycles. The molecule has 3 aromatic heterocycles. The third-order valence-electron chi connectivity index (χ3n) is 13.6. The Hall–Kier alpha value is -7.36. The van der Waals surface area contributed by atoms with Crippen LogP contribution in [-0.4, -0.2) is 24.1 Å². The molecule has 0 saturated heterocycles. The molecule has 10 rings (SSSR count). The number of rotatable bonds is 17. The SMILES string of the molecule is CCCCc1cc(CCCC)cc(-c2nc(-c3cc(CCCC)cc(CCCC)c3)nc(-c3ccc(-n4c5ccccc5c5cc6c(cc54)c4ccccc4n6-c4ccccc4)c(C#N)c3)n2)c1. The second-order valence-electron chi connectivity index (χ2n) is 18.6. The second-order valence-corrected chi connectivity index (χ2v) is 18.6. The van der Waals surface area contributed by atoms with E-state index in [0.717, 1.165) is 143 Å². The first kappa shape index (κ1) is 44.5. The van der Waals surface area contributed by atoms with Crippen LogP contribution in [0, 0.1) is 11.3 Å². The molecule has 0 fully saturated rings.